The molecule has 7 unspecified atom stereocenters. The van der Waals surface area contributed by atoms with Crippen LogP contribution in [0.1, 0.15) is 66.0 Å². The summed E-state index contributed by atoms with van der Waals surface area (Å²) in [5, 5.41) is 9.11. The number of piperazine rings is 1. The lowest BCUT2D eigenvalue weighted by Crippen LogP contribution is -2.59. The highest BCUT2D eigenvalue weighted by molar-refractivity contribution is 6.35. The van der Waals surface area contributed by atoms with E-state index >= 15 is 0 Å². The van der Waals surface area contributed by atoms with Crippen molar-refractivity contribution < 1.29 is 0 Å². The number of fused-ring (bicyclic) bond motifs is 3. The fourth-order valence-corrected chi connectivity index (χ4v) is 8.39. The van der Waals surface area contributed by atoms with Gasteiger partial charge in [-0.25, -0.2) is 9.98 Å². The molecular formula is C34H44Cl2N6O. The summed E-state index contributed by atoms with van der Waals surface area (Å²) < 4.78 is 1.69. The third-order valence-electron chi connectivity index (χ3n) is 10.5. The highest BCUT2D eigenvalue weighted by atomic mass is 35.5. The Morgan fingerprint density at radius 1 is 1.12 bits per heavy atom. The second kappa shape index (κ2) is 11.7. The van der Waals surface area contributed by atoms with Gasteiger partial charge in [-0.2, -0.15) is 0 Å². The number of hydrogen-bond acceptors (Lipinski definition) is 4. The van der Waals surface area contributed by atoms with Gasteiger partial charge in [0, 0.05) is 46.9 Å². The van der Waals surface area contributed by atoms with Gasteiger partial charge in [0.25, 0.3) is 5.56 Å². The lowest BCUT2D eigenvalue weighted by atomic mass is 9.45. The van der Waals surface area contributed by atoms with E-state index in [1.165, 1.54) is 6.42 Å². The molecule has 7 rings (SSSR count). The summed E-state index contributed by atoms with van der Waals surface area (Å²) in [6.07, 6.45) is 4.73. The first-order valence-corrected chi connectivity index (χ1v) is 16.5. The average molecular weight is 624 g/mol. The van der Waals surface area contributed by atoms with Crippen LogP contribution >= 0.6 is 23.2 Å². The third kappa shape index (κ3) is 5.93. The van der Waals surface area contributed by atoms with Crippen LogP contribution in [0.25, 0.3) is 10.9 Å². The summed E-state index contributed by atoms with van der Waals surface area (Å²) in [4.78, 5) is 26.1. The zero-order chi connectivity index (χ0) is 30.6. The van der Waals surface area contributed by atoms with E-state index in [1.807, 2.05) is 37.3 Å². The molecule has 230 valence electrons. The van der Waals surface area contributed by atoms with Crippen molar-refractivity contribution in [2.24, 2.45) is 28.2 Å². The van der Waals surface area contributed by atoms with Gasteiger partial charge >= 0.3 is 0 Å². The Morgan fingerprint density at radius 3 is 2.53 bits per heavy atom. The van der Waals surface area contributed by atoms with Crippen molar-refractivity contribution in [3.05, 3.63) is 68.7 Å². The van der Waals surface area contributed by atoms with Crippen molar-refractivity contribution in [2.75, 3.05) is 18.4 Å². The second-order valence-electron chi connectivity index (χ2n) is 14.0. The number of nitrogens with one attached hydrogen (secondary N) is 2. The largest absolute Gasteiger partial charge is 0.340 e. The Balaban J connectivity index is 1.26. The first kappa shape index (κ1) is 30.4. The Morgan fingerprint density at radius 2 is 1.86 bits per heavy atom. The summed E-state index contributed by atoms with van der Waals surface area (Å²) in [6, 6.07) is 12.2. The third-order valence-corrected chi connectivity index (χ3v) is 11.1. The predicted molar refractivity (Wildman–Crippen MR) is 179 cm³/mol. The smallest absolute Gasteiger partial charge is 0.261 e. The molecule has 0 radical (unpaired) electrons. The van der Waals surface area contributed by atoms with Crippen molar-refractivity contribution in [2.45, 2.75) is 85.0 Å². The van der Waals surface area contributed by atoms with Crippen LogP contribution in [0.5, 0.6) is 0 Å². The molecule has 1 saturated heterocycles. The van der Waals surface area contributed by atoms with Crippen LogP contribution in [-0.4, -0.2) is 51.6 Å². The Bertz CT molecular complexity index is 1590. The van der Waals surface area contributed by atoms with Gasteiger partial charge in [0.2, 0.25) is 0 Å². The normalized spacial score (nSPS) is 29.3. The number of hydrogen-bond donors (Lipinski definition) is 2. The van der Waals surface area contributed by atoms with Gasteiger partial charge in [0.15, 0.2) is 5.96 Å². The maximum atomic E-state index is 13.5. The van der Waals surface area contributed by atoms with Crippen molar-refractivity contribution in [1.29, 1.82) is 0 Å². The molecule has 3 aliphatic carbocycles. The van der Waals surface area contributed by atoms with Gasteiger partial charge in [-0.3, -0.25) is 9.36 Å². The number of nitrogens with zero attached hydrogens (tertiary/aromatic N) is 4. The number of benzene rings is 2. The fourth-order valence-electron chi connectivity index (χ4n) is 7.90. The number of anilines is 1. The average Bonchev–Trinajstić information content (AvgIpc) is 2.94. The first-order chi connectivity index (χ1) is 20.4. The summed E-state index contributed by atoms with van der Waals surface area (Å²) in [6.45, 7) is 15.5. The zero-order valence-electron chi connectivity index (χ0n) is 26.1. The first-order valence-electron chi connectivity index (χ1n) is 15.7. The minimum atomic E-state index is -0.120. The number of guanidine groups is 1. The lowest BCUT2D eigenvalue weighted by molar-refractivity contribution is -0.108. The molecule has 4 fully saturated rings. The topological polar surface area (TPSA) is 74.5 Å². The van der Waals surface area contributed by atoms with Crippen molar-refractivity contribution in [3.63, 3.8) is 0 Å². The van der Waals surface area contributed by atoms with Crippen LogP contribution in [0.4, 0.5) is 5.69 Å². The summed E-state index contributed by atoms with van der Waals surface area (Å²) in [5.74, 6) is 2.95. The molecule has 7 atom stereocenters. The van der Waals surface area contributed by atoms with Crippen molar-refractivity contribution in [3.8, 4) is 0 Å². The van der Waals surface area contributed by atoms with Crippen LogP contribution in [0.2, 0.25) is 10.0 Å². The van der Waals surface area contributed by atoms with Crippen LogP contribution in [0.3, 0.4) is 0 Å². The van der Waals surface area contributed by atoms with Crippen molar-refractivity contribution in [1.82, 2.24) is 19.8 Å². The van der Waals surface area contributed by atoms with Gasteiger partial charge in [0.1, 0.15) is 0 Å². The summed E-state index contributed by atoms with van der Waals surface area (Å²) >= 11 is 12.5. The summed E-state index contributed by atoms with van der Waals surface area (Å²) in [5.41, 5.74) is 2.86. The van der Waals surface area contributed by atoms with Gasteiger partial charge in [-0.1, -0.05) is 50.0 Å². The van der Waals surface area contributed by atoms with Crippen molar-refractivity contribution >= 4 is 45.8 Å². The molecule has 9 heteroatoms. The summed E-state index contributed by atoms with van der Waals surface area (Å²) in [7, 11) is 0. The van der Waals surface area contributed by atoms with Crippen LogP contribution in [-0.2, 0) is 6.42 Å². The lowest BCUT2D eigenvalue weighted by Gasteiger charge is -2.61. The molecule has 1 aliphatic heterocycles. The van der Waals surface area contributed by atoms with E-state index in [2.05, 4.69) is 50.2 Å². The molecule has 3 aromatic rings. The molecule has 0 amide bonds. The fraction of sp³-hybridized carbons (Fsp3) is 0.559. The molecule has 1 aromatic heterocycles. The Labute approximate surface area is 265 Å². The SMILES string of the molecule is CC1CN(C(=NC2CC3CC(C2C)C3(C)C)Nc2ccc3c(=O)n(C(C)Cc4ccc(Cl)cc4Cl)cnc3c2)CC(C)N1. The van der Waals surface area contributed by atoms with Gasteiger partial charge < -0.3 is 15.5 Å². The van der Waals surface area contributed by atoms with E-state index < -0.39 is 0 Å². The van der Waals surface area contributed by atoms with Crippen LogP contribution in [0.15, 0.2) is 52.5 Å². The Hall–Kier alpha value is -2.61. The quantitative estimate of drug-likeness (QED) is 0.236. The van der Waals surface area contributed by atoms with Gasteiger partial charge in [-0.05, 0) is 99.1 Å². The molecular weight excluding hydrogens is 579 g/mol. The number of aromatic nitrogens is 2. The molecule has 4 aliphatic rings. The predicted octanol–water partition coefficient (Wildman–Crippen LogP) is 7.03. The zero-order valence-corrected chi connectivity index (χ0v) is 27.6. The number of rotatable bonds is 5. The van der Waals surface area contributed by atoms with Crippen LogP contribution in [0, 0.1) is 23.2 Å². The monoisotopic (exact) mass is 622 g/mol. The number of halogens is 2. The molecule has 0 spiro atoms. The van der Waals surface area contributed by atoms with E-state index in [1.54, 1.807) is 17.0 Å². The molecule has 3 saturated carbocycles. The number of aliphatic imine (C=N–C) groups is 1. The molecule has 7 nitrogen and oxygen atoms in total. The minimum absolute atomic E-state index is 0.0642. The van der Waals surface area contributed by atoms with Gasteiger partial charge in [-0.15, -0.1) is 0 Å². The maximum absolute atomic E-state index is 13.5. The standard InChI is InChI=1S/C34H44Cl2N6O/c1-19-16-41(17-20(2)38-19)33(40-30-13-24-12-28(22(30)4)34(24,5)6)39-26-9-10-27-31(15-26)37-18-42(32(27)43)21(3)11-23-7-8-25(35)14-29(23)36/h7-10,14-15,18-22,24,28,30,38H,11-13,16-17H2,1-6H3,(H,39,40). The van der Waals surface area contributed by atoms with E-state index in [9.17, 15) is 4.79 Å². The molecule has 2 aromatic carbocycles. The van der Waals surface area contributed by atoms with E-state index in [4.69, 9.17) is 33.2 Å². The Kier molecular flexibility index (Phi) is 8.29. The van der Waals surface area contributed by atoms with E-state index in [0.29, 0.717) is 56.8 Å². The van der Waals surface area contributed by atoms with Gasteiger partial charge in [0.05, 0.1) is 23.3 Å². The minimum Gasteiger partial charge on any atom is -0.340 e. The maximum Gasteiger partial charge on any atom is 0.261 e. The van der Waals surface area contributed by atoms with E-state index in [-0.39, 0.29) is 11.6 Å². The second-order valence-corrected chi connectivity index (χ2v) is 14.8. The van der Waals surface area contributed by atoms with Crippen LogP contribution < -0.4 is 16.2 Å². The molecule has 2 heterocycles. The van der Waals surface area contributed by atoms with E-state index in [0.717, 1.165) is 48.6 Å². The molecule has 2 bridgehead atoms. The highest BCUT2D eigenvalue weighted by Gasteiger charge is 2.56. The molecule has 2 N–H and O–H groups in total. The molecule has 43 heavy (non-hydrogen) atoms. The highest BCUT2D eigenvalue weighted by Crippen LogP contribution is 2.61.